The van der Waals surface area contributed by atoms with Gasteiger partial charge in [0.2, 0.25) is 5.69 Å². The minimum Gasteiger partial charge on any atom is -0.362 e. The molecule has 37 heavy (non-hydrogen) atoms. The van der Waals surface area contributed by atoms with Crippen LogP contribution >= 0.6 is 0 Å². The summed E-state index contributed by atoms with van der Waals surface area (Å²) in [7, 11) is -14.1. The molecule has 0 atom stereocenters. The Morgan fingerprint density at radius 2 is 1.57 bits per heavy atom. The summed E-state index contributed by atoms with van der Waals surface area (Å²) in [4.78, 5) is -1.48. The van der Waals surface area contributed by atoms with Crippen LogP contribution in [0.2, 0.25) is 0 Å². The molecule has 1 heterocycles. The molecule has 4 N–H and O–H groups in total. The fourth-order valence-corrected chi connectivity index (χ4v) is 5.94. The average Bonchev–Trinajstić information content (AvgIpc) is 2.98. The molecule has 0 aromatic heterocycles. The zero-order chi connectivity index (χ0) is 27.6. The van der Waals surface area contributed by atoms with Crippen molar-refractivity contribution < 1.29 is 43.5 Å². The van der Waals surface area contributed by atoms with Crippen LogP contribution in [0.25, 0.3) is 0 Å². The third-order valence-electron chi connectivity index (χ3n) is 5.77. The van der Waals surface area contributed by atoms with Gasteiger partial charge in [-0.2, -0.15) is 29.8 Å². The quantitative estimate of drug-likeness (QED) is 0.188. The molecular weight excluding hydrogens is 544 g/mol. The Kier molecular flexibility index (Phi) is 8.12. The van der Waals surface area contributed by atoms with Gasteiger partial charge in [0, 0.05) is 29.9 Å². The molecule has 11 nitrogen and oxygen atoms in total. The van der Waals surface area contributed by atoms with Crippen molar-refractivity contribution in [2.75, 3.05) is 17.6 Å². The molecule has 0 unspecified atom stereocenters. The smallest absolute Gasteiger partial charge is 0.301 e. The average molecular weight is 572 g/mol. The molecule has 0 saturated carbocycles. The number of allylic oxidation sites excluding steroid dienone is 3. The van der Waals surface area contributed by atoms with E-state index in [9.17, 15) is 34.4 Å². The van der Waals surface area contributed by atoms with Crippen LogP contribution in [0.1, 0.15) is 25.8 Å². The van der Waals surface area contributed by atoms with E-state index in [-0.39, 0.29) is 24.2 Å². The van der Waals surface area contributed by atoms with Crippen molar-refractivity contribution in [2.45, 2.75) is 35.5 Å². The molecule has 200 valence electrons. The Morgan fingerprint density at radius 1 is 0.919 bits per heavy atom. The number of nitrogens with zero attached hydrogens (tertiary/aromatic N) is 1. The van der Waals surface area contributed by atoms with Crippen LogP contribution in [0.4, 0.5) is 11.4 Å². The topological polar surface area (TPSA) is 178 Å². The molecule has 0 bridgehead atoms. The second-order valence-corrected chi connectivity index (χ2v) is 13.2. The van der Waals surface area contributed by atoms with Crippen molar-refractivity contribution in [3.8, 4) is 0 Å². The van der Waals surface area contributed by atoms with Gasteiger partial charge in [-0.25, -0.2) is 0 Å². The van der Waals surface area contributed by atoms with Gasteiger partial charge in [0.15, 0.2) is 10.6 Å². The number of hydrogen-bond donors (Lipinski definition) is 4. The summed E-state index contributed by atoms with van der Waals surface area (Å²) in [6.07, 6.45) is 6.50. The van der Waals surface area contributed by atoms with Crippen molar-refractivity contribution in [3.05, 3.63) is 72.5 Å². The van der Waals surface area contributed by atoms with Gasteiger partial charge >= 0.3 is 10.1 Å². The number of benzene rings is 2. The molecule has 0 amide bonds. The first kappa shape index (κ1) is 28.7. The maximum absolute atomic E-state index is 12.3. The lowest BCUT2D eigenvalue weighted by molar-refractivity contribution is -0.440. The number of para-hydroxylation sites is 1. The van der Waals surface area contributed by atoms with Crippen molar-refractivity contribution >= 4 is 47.4 Å². The van der Waals surface area contributed by atoms with Crippen LogP contribution in [-0.2, 0) is 35.8 Å². The van der Waals surface area contributed by atoms with E-state index in [4.69, 9.17) is 4.55 Å². The van der Waals surface area contributed by atoms with E-state index in [1.807, 2.05) is 30.3 Å². The molecule has 3 rings (SSSR count). The van der Waals surface area contributed by atoms with E-state index in [1.165, 1.54) is 4.58 Å². The first-order valence-corrected chi connectivity index (χ1v) is 15.4. The van der Waals surface area contributed by atoms with Gasteiger partial charge in [-0.3, -0.25) is 13.7 Å². The zero-order valence-corrected chi connectivity index (χ0v) is 22.4. The zero-order valence-electron chi connectivity index (χ0n) is 19.9. The summed E-state index contributed by atoms with van der Waals surface area (Å²) in [6.45, 7) is 3.28. The van der Waals surface area contributed by atoms with E-state index in [0.29, 0.717) is 11.8 Å². The van der Waals surface area contributed by atoms with Crippen LogP contribution in [-0.4, -0.2) is 61.5 Å². The minimum atomic E-state index is -4.98. The normalized spacial score (nSPS) is 16.0. The summed E-state index contributed by atoms with van der Waals surface area (Å²) in [5.41, 5.74) is 0.384. The van der Waals surface area contributed by atoms with E-state index in [0.717, 1.165) is 11.8 Å². The summed E-state index contributed by atoms with van der Waals surface area (Å²) in [6, 6.07) is 11.1. The maximum atomic E-state index is 12.3. The number of anilines is 1. The minimum absolute atomic E-state index is 0.0544. The molecule has 1 aliphatic rings. The number of nitrogens with one attached hydrogen (secondary N) is 1. The highest BCUT2D eigenvalue weighted by Gasteiger charge is 2.48. The fourth-order valence-electron chi connectivity index (χ4n) is 4.10. The Balaban J connectivity index is 2.14. The number of rotatable bonds is 10. The molecule has 0 aliphatic carbocycles. The summed E-state index contributed by atoms with van der Waals surface area (Å²) >= 11 is 0. The predicted molar refractivity (Wildman–Crippen MR) is 138 cm³/mol. The van der Waals surface area contributed by atoms with Crippen LogP contribution in [0.3, 0.4) is 0 Å². The van der Waals surface area contributed by atoms with E-state index >= 15 is 0 Å². The Hall–Kier alpha value is -2.88. The predicted octanol–water partition coefficient (Wildman–Crippen LogP) is 3.02. The van der Waals surface area contributed by atoms with E-state index < -0.39 is 51.3 Å². The molecule has 1 aliphatic heterocycles. The number of hydrogen-bond acceptors (Lipinski definition) is 7. The summed E-state index contributed by atoms with van der Waals surface area (Å²) < 4.78 is 101. The molecule has 0 fully saturated rings. The molecule has 0 spiro atoms. The van der Waals surface area contributed by atoms with Crippen molar-refractivity contribution in [3.63, 3.8) is 0 Å². The highest BCUT2D eigenvalue weighted by Crippen LogP contribution is 2.45. The fraction of sp³-hybridized carbons (Fsp3) is 0.261. The third kappa shape index (κ3) is 6.91. The number of fused-ring (bicyclic) bond motifs is 1. The van der Waals surface area contributed by atoms with Crippen LogP contribution < -0.4 is 5.32 Å². The monoisotopic (exact) mass is 571 g/mol. The molecule has 0 saturated heterocycles. The van der Waals surface area contributed by atoms with Gasteiger partial charge < -0.3 is 5.32 Å². The Morgan fingerprint density at radius 3 is 2.14 bits per heavy atom. The van der Waals surface area contributed by atoms with E-state index in [2.05, 4.69) is 5.32 Å². The first-order valence-electron chi connectivity index (χ1n) is 10.9. The van der Waals surface area contributed by atoms with Gasteiger partial charge in [-0.1, -0.05) is 24.3 Å². The largest absolute Gasteiger partial charge is 0.362 e. The highest BCUT2D eigenvalue weighted by atomic mass is 32.2. The van der Waals surface area contributed by atoms with Gasteiger partial charge in [0.05, 0.1) is 16.1 Å². The van der Waals surface area contributed by atoms with Crippen LogP contribution in [0, 0.1) is 0 Å². The maximum Gasteiger partial charge on any atom is 0.301 e. The lowest BCUT2D eigenvalue weighted by Gasteiger charge is -2.16. The lowest BCUT2D eigenvalue weighted by atomic mass is 9.81. The second kappa shape index (κ2) is 10.5. The SMILES string of the molecule is CC1(C)C(/C=C/C=C/Nc2ccccc2)=[N+](CCCS(=O)(=O)O)c2c1cc(S(=O)(=O)O)cc2S(=O)(=O)O. The van der Waals surface area contributed by atoms with E-state index in [1.54, 1.807) is 38.3 Å². The highest BCUT2D eigenvalue weighted by molar-refractivity contribution is 7.86. The van der Waals surface area contributed by atoms with Gasteiger partial charge in [0.25, 0.3) is 20.2 Å². The van der Waals surface area contributed by atoms with Gasteiger partial charge in [-0.15, -0.1) is 0 Å². The van der Waals surface area contributed by atoms with Crippen molar-refractivity contribution in [1.29, 1.82) is 0 Å². The van der Waals surface area contributed by atoms with Crippen LogP contribution in [0.5, 0.6) is 0 Å². The third-order valence-corrected chi connectivity index (χ3v) is 8.27. The van der Waals surface area contributed by atoms with Gasteiger partial charge in [-0.05, 0) is 44.2 Å². The molecule has 2 aromatic carbocycles. The van der Waals surface area contributed by atoms with Gasteiger partial charge in [0.1, 0.15) is 6.54 Å². The molecule has 14 heteroatoms. The van der Waals surface area contributed by atoms with Crippen molar-refractivity contribution in [1.82, 2.24) is 0 Å². The molecule has 2 aromatic rings. The van der Waals surface area contributed by atoms with Crippen LogP contribution in [0.15, 0.2) is 76.7 Å². The molecule has 0 radical (unpaired) electrons. The standard InChI is InChI=1S/C23H26N2O9S3/c1-23(2)19-15-18(36(29,30)31)16-20(37(32,33)34)22(19)25(13-8-14-35(26,27)28)21(23)11-6-7-12-24-17-9-4-3-5-10-17/h3-7,9-12,15-16H,8,13-14H2,1-2H3,(H3,26,27,28,29,30,31,32,33,34)/p+1. The molecular formula is C23H27N2O9S3+. The summed E-state index contributed by atoms with van der Waals surface area (Å²) in [5.74, 6) is -0.610. The lowest BCUT2D eigenvalue weighted by Crippen LogP contribution is -2.28. The Labute approximate surface area is 216 Å². The summed E-state index contributed by atoms with van der Waals surface area (Å²) in [5, 5.41) is 3.07. The van der Waals surface area contributed by atoms with Crippen molar-refractivity contribution in [2.24, 2.45) is 0 Å². The Bertz CT molecular complexity index is 1610. The first-order chi connectivity index (χ1) is 17.0. The second-order valence-electron chi connectivity index (χ2n) is 8.80.